The zero-order valence-electron chi connectivity index (χ0n) is 12.0. The van der Waals surface area contributed by atoms with Crippen LogP contribution in [0.5, 0.6) is 0 Å². The van der Waals surface area contributed by atoms with Crippen LogP contribution in [0.3, 0.4) is 0 Å². The molecule has 1 unspecified atom stereocenters. The zero-order valence-corrected chi connectivity index (χ0v) is 12.0. The zero-order chi connectivity index (χ0) is 15.5. The van der Waals surface area contributed by atoms with Crippen molar-refractivity contribution in [3.63, 3.8) is 0 Å². The van der Waals surface area contributed by atoms with Gasteiger partial charge in [-0.3, -0.25) is 9.59 Å². The molecule has 1 aliphatic rings. The van der Waals surface area contributed by atoms with Crippen LogP contribution in [-0.4, -0.2) is 34.3 Å². The lowest BCUT2D eigenvalue weighted by Gasteiger charge is -2.25. The predicted octanol–water partition coefficient (Wildman–Crippen LogP) is 1.55. The maximum atomic E-state index is 12.1. The van der Waals surface area contributed by atoms with Gasteiger partial charge in [0.25, 0.3) is 5.91 Å². The molecule has 6 nitrogen and oxygen atoms in total. The minimum Gasteiger partial charge on any atom is -0.481 e. The van der Waals surface area contributed by atoms with Crippen molar-refractivity contribution in [3.8, 4) is 0 Å². The Morgan fingerprint density at radius 1 is 1.38 bits per heavy atom. The van der Waals surface area contributed by atoms with Gasteiger partial charge in [-0.2, -0.15) is 0 Å². The second-order valence-corrected chi connectivity index (χ2v) is 5.65. The number of nitrogens with one attached hydrogen (secondary N) is 1. The topological polar surface area (TPSA) is 88.0 Å². The first-order valence-electron chi connectivity index (χ1n) is 6.69. The molecule has 0 saturated heterocycles. The van der Waals surface area contributed by atoms with E-state index in [2.05, 4.69) is 10.5 Å². The van der Waals surface area contributed by atoms with Crippen molar-refractivity contribution >= 4 is 17.6 Å². The monoisotopic (exact) mass is 290 g/mol. The number of aliphatic carboxylic acids is 1. The van der Waals surface area contributed by atoms with Crippen LogP contribution >= 0.6 is 0 Å². The Balaban J connectivity index is 1.94. The minimum atomic E-state index is -0.964. The third-order valence-electron chi connectivity index (χ3n) is 3.12. The van der Waals surface area contributed by atoms with Gasteiger partial charge in [-0.05, 0) is 19.4 Å². The highest BCUT2D eigenvalue weighted by Crippen LogP contribution is 2.18. The molecule has 1 heterocycles. The van der Waals surface area contributed by atoms with E-state index in [0.717, 1.165) is 5.56 Å². The van der Waals surface area contributed by atoms with Crippen LogP contribution < -0.4 is 5.32 Å². The van der Waals surface area contributed by atoms with E-state index in [-0.39, 0.29) is 12.3 Å². The van der Waals surface area contributed by atoms with Crippen molar-refractivity contribution in [3.05, 3.63) is 35.9 Å². The fourth-order valence-corrected chi connectivity index (χ4v) is 2.16. The number of amides is 1. The molecule has 1 amide bonds. The fourth-order valence-electron chi connectivity index (χ4n) is 2.16. The van der Waals surface area contributed by atoms with Crippen LogP contribution in [-0.2, 0) is 14.4 Å². The molecular weight excluding hydrogens is 272 g/mol. The highest BCUT2D eigenvalue weighted by molar-refractivity contribution is 6.04. The molecule has 0 radical (unpaired) electrons. The summed E-state index contributed by atoms with van der Waals surface area (Å²) < 4.78 is 0. The van der Waals surface area contributed by atoms with E-state index in [9.17, 15) is 9.59 Å². The molecule has 0 bridgehead atoms. The van der Waals surface area contributed by atoms with Gasteiger partial charge in [0, 0.05) is 12.0 Å². The van der Waals surface area contributed by atoms with Crippen LogP contribution in [0.15, 0.2) is 35.5 Å². The van der Waals surface area contributed by atoms with Crippen molar-refractivity contribution in [2.75, 3.05) is 0 Å². The molecule has 2 rings (SSSR count). The summed E-state index contributed by atoms with van der Waals surface area (Å²) in [6.45, 7) is 3.32. The lowest BCUT2D eigenvalue weighted by Crippen LogP contribution is -2.49. The highest BCUT2D eigenvalue weighted by Gasteiger charge is 2.33. The van der Waals surface area contributed by atoms with Crippen LogP contribution in [0, 0.1) is 0 Å². The van der Waals surface area contributed by atoms with Crippen molar-refractivity contribution in [2.24, 2.45) is 5.16 Å². The number of carbonyl (C=O) groups excluding carboxylic acids is 1. The Hall–Kier alpha value is -2.37. The summed E-state index contributed by atoms with van der Waals surface area (Å²) in [5.74, 6) is -1.32. The molecule has 21 heavy (non-hydrogen) atoms. The molecule has 0 aromatic heterocycles. The molecule has 0 fully saturated rings. The van der Waals surface area contributed by atoms with E-state index in [1.54, 1.807) is 13.8 Å². The second-order valence-electron chi connectivity index (χ2n) is 5.65. The standard InChI is InChI=1S/C15H18N2O4/c1-15(2,9-13(18)19)16-14(20)12-8-11(17-21-12)10-6-4-3-5-7-10/h3-7,12H,8-9H2,1-2H3,(H,16,20)(H,18,19). The van der Waals surface area contributed by atoms with Crippen LogP contribution in [0.1, 0.15) is 32.3 Å². The van der Waals surface area contributed by atoms with Crippen LogP contribution in [0.25, 0.3) is 0 Å². The Labute approximate surface area is 122 Å². The molecule has 2 N–H and O–H groups in total. The predicted molar refractivity (Wildman–Crippen MR) is 76.9 cm³/mol. The smallest absolute Gasteiger partial charge is 0.305 e. The molecule has 1 aromatic rings. The maximum Gasteiger partial charge on any atom is 0.305 e. The van der Waals surface area contributed by atoms with Gasteiger partial charge in [0.15, 0.2) is 0 Å². The summed E-state index contributed by atoms with van der Waals surface area (Å²) >= 11 is 0. The first-order chi connectivity index (χ1) is 9.87. The molecule has 112 valence electrons. The number of benzene rings is 1. The normalized spacial score (nSPS) is 17.8. The van der Waals surface area contributed by atoms with Gasteiger partial charge in [0.2, 0.25) is 6.10 Å². The van der Waals surface area contributed by atoms with E-state index in [1.807, 2.05) is 30.3 Å². The van der Waals surface area contributed by atoms with Crippen LogP contribution in [0.2, 0.25) is 0 Å². The van der Waals surface area contributed by atoms with Gasteiger partial charge >= 0.3 is 5.97 Å². The van der Waals surface area contributed by atoms with Gasteiger partial charge in [0.1, 0.15) is 0 Å². The number of carbonyl (C=O) groups is 2. The third-order valence-corrected chi connectivity index (χ3v) is 3.12. The lowest BCUT2D eigenvalue weighted by molar-refractivity contribution is -0.139. The first-order valence-corrected chi connectivity index (χ1v) is 6.69. The summed E-state index contributed by atoms with van der Waals surface area (Å²) in [6.07, 6.45) is -0.495. The average molecular weight is 290 g/mol. The Morgan fingerprint density at radius 2 is 2.05 bits per heavy atom. The summed E-state index contributed by atoms with van der Waals surface area (Å²) in [5, 5.41) is 15.4. The van der Waals surface area contributed by atoms with Gasteiger partial charge in [-0.25, -0.2) is 0 Å². The number of oxime groups is 1. The van der Waals surface area contributed by atoms with Gasteiger partial charge in [-0.15, -0.1) is 0 Å². The van der Waals surface area contributed by atoms with E-state index in [1.165, 1.54) is 0 Å². The number of hydrogen-bond acceptors (Lipinski definition) is 4. The first kappa shape index (κ1) is 15.0. The quantitative estimate of drug-likeness (QED) is 0.861. The summed E-state index contributed by atoms with van der Waals surface area (Å²) in [5.41, 5.74) is 0.797. The molecule has 0 spiro atoms. The molecule has 1 atom stereocenters. The van der Waals surface area contributed by atoms with Crippen molar-refractivity contribution in [1.29, 1.82) is 0 Å². The summed E-state index contributed by atoms with van der Waals surface area (Å²) in [7, 11) is 0. The van der Waals surface area contributed by atoms with Gasteiger partial charge in [0.05, 0.1) is 12.1 Å². The summed E-state index contributed by atoms with van der Waals surface area (Å²) in [6, 6.07) is 9.48. The largest absolute Gasteiger partial charge is 0.481 e. The van der Waals surface area contributed by atoms with E-state index >= 15 is 0 Å². The van der Waals surface area contributed by atoms with E-state index in [4.69, 9.17) is 9.94 Å². The van der Waals surface area contributed by atoms with Crippen molar-refractivity contribution in [2.45, 2.75) is 38.3 Å². The molecule has 6 heteroatoms. The van der Waals surface area contributed by atoms with Crippen molar-refractivity contribution < 1.29 is 19.5 Å². The average Bonchev–Trinajstić information content (AvgIpc) is 2.87. The van der Waals surface area contributed by atoms with Crippen LogP contribution in [0.4, 0.5) is 0 Å². The van der Waals surface area contributed by atoms with Gasteiger partial charge in [-0.1, -0.05) is 35.5 Å². The van der Waals surface area contributed by atoms with Crippen molar-refractivity contribution in [1.82, 2.24) is 5.32 Å². The molecule has 1 aliphatic heterocycles. The molecule has 0 saturated carbocycles. The molecular formula is C15H18N2O4. The molecule has 1 aromatic carbocycles. The van der Waals surface area contributed by atoms with E-state index in [0.29, 0.717) is 12.1 Å². The second kappa shape index (κ2) is 5.95. The number of nitrogens with zero attached hydrogens (tertiary/aromatic N) is 1. The highest BCUT2D eigenvalue weighted by atomic mass is 16.6. The van der Waals surface area contributed by atoms with E-state index < -0.39 is 17.6 Å². The van der Waals surface area contributed by atoms with Gasteiger partial charge < -0.3 is 15.3 Å². The minimum absolute atomic E-state index is 0.155. The lowest BCUT2D eigenvalue weighted by atomic mass is 9.99. The SMILES string of the molecule is CC(C)(CC(=O)O)NC(=O)C1CC(c2ccccc2)=NO1. The number of carboxylic acid groups (broad SMARTS) is 1. The number of carboxylic acids is 1. The maximum absolute atomic E-state index is 12.1. The Bertz CT molecular complexity index is 566. The third kappa shape index (κ3) is 4.05. The Morgan fingerprint density at radius 3 is 2.67 bits per heavy atom. The number of hydrogen-bond donors (Lipinski definition) is 2. The number of rotatable bonds is 5. The summed E-state index contributed by atoms with van der Waals surface area (Å²) in [4.78, 5) is 28.0. The Kier molecular flexibility index (Phi) is 4.26. The fraction of sp³-hybridized carbons (Fsp3) is 0.400. The molecule has 0 aliphatic carbocycles.